The van der Waals surface area contributed by atoms with Gasteiger partial charge in [-0.1, -0.05) is 130 Å². The van der Waals surface area contributed by atoms with Crippen molar-refractivity contribution < 1.29 is 92.3 Å². The summed E-state index contributed by atoms with van der Waals surface area (Å²) >= 11 is 0. The fourth-order valence-corrected chi connectivity index (χ4v) is 15.9. The molecule has 135 heavy (non-hydrogen) atoms. The highest BCUT2D eigenvalue weighted by Crippen LogP contribution is 2.38. The second kappa shape index (κ2) is 40.7. The molecule has 5 saturated heterocycles. The molecule has 10 amide bonds. The third kappa shape index (κ3) is 25.1. The molecule has 41 heteroatoms. The summed E-state index contributed by atoms with van der Waals surface area (Å²) in [5.74, 6) is 0.732. The van der Waals surface area contributed by atoms with Crippen LogP contribution in [-0.4, -0.2) is 149 Å². The largest absolute Gasteiger partial charge is 0.359 e. The number of non-ortho nitro benzene ring substituents is 1. The molecule has 5 aromatic carbocycles. The average Bonchev–Trinajstić information content (AvgIpc) is 1.68. The monoisotopic (exact) mass is 1890 g/mol. The molecular formula is C94H106N18O21S2. The Morgan fingerprint density at radius 2 is 0.585 bits per heavy atom. The lowest BCUT2D eigenvalue weighted by molar-refractivity contribution is -0.384. The molecule has 5 aliphatic heterocycles. The van der Waals surface area contributed by atoms with Crippen molar-refractivity contribution in [1.82, 2.24) is 25.8 Å². The summed E-state index contributed by atoms with van der Waals surface area (Å²) in [6.45, 7) is 29.7. The van der Waals surface area contributed by atoms with E-state index in [1.807, 2.05) is 116 Å². The maximum Gasteiger partial charge on any atom is 0.269 e. The minimum atomic E-state index is -3.34. The van der Waals surface area contributed by atoms with Crippen LogP contribution < -0.4 is 51.1 Å². The van der Waals surface area contributed by atoms with Crippen LogP contribution >= 0.6 is 0 Å². The van der Waals surface area contributed by atoms with E-state index in [-0.39, 0.29) is 138 Å². The van der Waals surface area contributed by atoms with E-state index in [9.17, 15) is 74.9 Å². The molecule has 5 aromatic heterocycles. The molecule has 10 aromatic rings. The maximum atomic E-state index is 12.7. The predicted octanol–water partition coefficient (Wildman–Crippen LogP) is 14.0. The number of nitriles is 2. The van der Waals surface area contributed by atoms with E-state index in [0.29, 0.717) is 119 Å². The van der Waals surface area contributed by atoms with Crippen LogP contribution in [0, 0.1) is 32.8 Å². The molecule has 5 aliphatic rings. The number of amides is 10. The van der Waals surface area contributed by atoms with Crippen molar-refractivity contribution in [3.05, 3.63) is 202 Å². The number of nitrogens with zero attached hydrogens (tertiary/aromatic N) is 13. The molecule has 10 heterocycles. The number of nitro groups is 1. The van der Waals surface area contributed by atoms with E-state index in [0.717, 1.165) is 18.2 Å². The van der Waals surface area contributed by atoms with Gasteiger partial charge in [0, 0.05) is 143 Å². The zero-order valence-electron chi connectivity index (χ0n) is 77.6. The van der Waals surface area contributed by atoms with E-state index >= 15 is 0 Å². The van der Waals surface area contributed by atoms with E-state index in [2.05, 4.69) is 52.4 Å². The molecule has 710 valence electrons. The standard InChI is InChI=1S/2C19H20N4O3.2C19H23N3O5S.C18H20N4O5/c1-19(2,3)15-10-16(22-26-15)21-18(25)14-8-9-17(24)23(14)13-6-4-12(11-20)5-7-13;1-19(2,3)15-10-16(26-22-15)21-18(25)14-8-9-17(24)23(14)13-6-4-12(11-20)5-7-13;1-19(2,3)15-11-16(21-27-15)20-18(24)14-9-10-17(23)22(14)12-5-7-13(8-6-12)28(4,25)26;1-19(2,3)15-11-16(27-21-15)20-18(24)14-9-10-17(23)22(14)12-5-7-13(8-6-12)28(4,25)26;1-18(2,3)14-10-15(20-27-14)19-17(24)13-8-9-16(23)21(13)11-4-6-12(7-5-11)22(25)26/h4-7,10,14H,8-9H2,1-3H3,(H,21,22,25);4-7,10,14H,8-9H2,1-3H3,(H,21,25);5-8,11,14H,9-10H2,1-4H3,(H,20,21,24);5-8,11,14H,9-10H2,1-4H3,(H,20,24);4-7,10,13H,8-9H2,1-3H3,(H,19,20,24)/t4*14-;13-/m00000/s1. The van der Waals surface area contributed by atoms with Crippen molar-refractivity contribution >= 4 is 142 Å². The number of nitrogens with one attached hydrogen (secondary N) is 5. The molecule has 0 unspecified atom stereocenters. The summed E-state index contributed by atoms with van der Waals surface area (Å²) in [6, 6.07) is 39.7. The van der Waals surface area contributed by atoms with Gasteiger partial charge in [0.05, 0.1) is 49.4 Å². The zero-order valence-corrected chi connectivity index (χ0v) is 79.2. The molecule has 5 fully saturated rings. The van der Waals surface area contributed by atoms with Gasteiger partial charge >= 0.3 is 0 Å². The van der Waals surface area contributed by atoms with Crippen molar-refractivity contribution in [3.63, 3.8) is 0 Å². The number of rotatable bonds is 18. The summed E-state index contributed by atoms with van der Waals surface area (Å²) in [5.41, 5.74) is 3.84. The Labute approximate surface area is 779 Å². The molecule has 39 nitrogen and oxygen atoms in total. The van der Waals surface area contributed by atoms with Crippen molar-refractivity contribution in [2.75, 3.05) is 63.6 Å². The molecule has 0 radical (unpaired) electrons. The predicted molar refractivity (Wildman–Crippen MR) is 496 cm³/mol. The SMILES string of the molecule is CC(C)(C)c1cc(NC(=O)[C@@H]2CCC(=O)N2c2ccc(C#N)cc2)no1.CC(C)(C)c1cc(NC(=O)[C@@H]2CCC(=O)N2c2ccc(C#N)cc2)on1.CC(C)(C)c1cc(NC(=O)[C@@H]2CCC(=O)N2c2ccc(S(C)(=O)=O)cc2)no1.CC(C)(C)c1cc(NC(=O)[C@@H]2CCC(=O)N2c2ccc(S(C)(=O)=O)cc2)on1.CC(C)(C)c1cc(NC(=O)[C@@H]2CCC(=O)N2c2ccc([N+](=O)[O-])cc2)no1. The summed E-state index contributed by atoms with van der Waals surface area (Å²) in [5, 5.41) is 61.6. The van der Waals surface area contributed by atoms with Crippen LogP contribution in [0.15, 0.2) is 184 Å². The van der Waals surface area contributed by atoms with Gasteiger partial charge in [0.25, 0.3) is 5.69 Å². The Morgan fingerprint density at radius 3 is 0.785 bits per heavy atom. The fourth-order valence-electron chi connectivity index (χ4n) is 14.6. The van der Waals surface area contributed by atoms with E-state index in [1.165, 1.54) is 97.3 Å². The quantitative estimate of drug-likeness (QED) is 0.0393. The van der Waals surface area contributed by atoms with Crippen LogP contribution in [0.1, 0.15) is 208 Å². The van der Waals surface area contributed by atoms with Crippen LogP contribution in [0.3, 0.4) is 0 Å². The summed E-state index contributed by atoms with van der Waals surface area (Å²) in [6.07, 6.45) is 5.43. The van der Waals surface area contributed by atoms with Gasteiger partial charge in [0.2, 0.25) is 70.8 Å². The van der Waals surface area contributed by atoms with Gasteiger partial charge in [0.15, 0.2) is 37.1 Å². The van der Waals surface area contributed by atoms with Crippen LogP contribution in [0.4, 0.5) is 63.3 Å². The number of hydrogen-bond acceptors (Lipinski definition) is 28. The molecule has 0 saturated carbocycles. The van der Waals surface area contributed by atoms with Crippen LogP contribution in [0.25, 0.3) is 0 Å². The first-order valence-electron chi connectivity index (χ1n) is 43.0. The number of aromatic nitrogens is 5. The first-order chi connectivity index (χ1) is 63.2. The molecule has 0 bridgehead atoms. The van der Waals surface area contributed by atoms with Gasteiger partial charge < -0.3 is 38.6 Å². The van der Waals surface area contributed by atoms with Crippen molar-refractivity contribution in [2.24, 2.45) is 0 Å². The fraction of sp³-hybridized carbons (Fsp3) is 0.394. The average molecular weight is 1890 g/mol. The van der Waals surface area contributed by atoms with Crippen molar-refractivity contribution in [1.29, 1.82) is 10.5 Å². The van der Waals surface area contributed by atoms with Crippen LogP contribution in [0.5, 0.6) is 0 Å². The third-order valence-electron chi connectivity index (χ3n) is 22.1. The molecular weight excluding hydrogens is 1780 g/mol. The minimum Gasteiger partial charge on any atom is -0.359 e. The van der Waals surface area contributed by atoms with Crippen molar-refractivity contribution in [2.45, 2.75) is 235 Å². The van der Waals surface area contributed by atoms with Gasteiger partial charge in [0.1, 0.15) is 47.5 Å². The van der Waals surface area contributed by atoms with Crippen molar-refractivity contribution in [3.8, 4) is 12.1 Å². The smallest absolute Gasteiger partial charge is 0.269 e. The van der Waals surface area contributed by atoms with Gasteiger partial charge in [-0.3, -0.25) is 93.2 Å². The molecule has 5 atom stereocenters. The second-order valence-electron chi connectivity index (χ2n) is 37.8. The number of carbonyl (C=O) groups is 10. The Kier molecular flexibility index (Phi) is 30.3. The Bertz CT molecular complexity index is 6120. The number of benzene rings is 5. The first-order valence-corrected chi connectivity index (χ1v) is 46.8. The maximum absolute atomic E-state index is 12.7. The van der Waals surface area contributed by atoms with Gasteiger partial charge in [-0.05, 0) is 141 Å². The highest BCUT2D eigenvalue weighted by Gasteiger charge is 2.44. The minimum absolute atomic E-state index is 0.0799. The highest BCUT2D eigenvalue weighted by molar-refractivity contribution is 7.91. The summed E-state index contributed by atoms with van der Waals surface area (Å²) in [4.78, 5) is 143. The molecule has 15 rings (SSSR count). The number of carbonyl (C=O) groups excluding carboxylic acids is 10. The number of nitro benzene ring substituents is 1. The number of anilines is 10. The van der Waals surface area contributed by atoms with Crippen LogP contribution in [-0.2, 0) is 94.7 Å². The summed E-state index contributed by atoms with van der Waals surface area (Å²) in [7, 11) is -6.68. The van der Waals surface area contributed by atoms with Gasteiger partial charge in [-0.2, -0.15) is 10.5 Å². The zero-order chi connectivity index (χ0) is 98.9. The van der Waals surface area contributed by atoms with Gasteiger partial charge in [-0.15, -0.1) is 0 Å². The molecule has 5 N–H and O–H groups in total. The normalized spacial score (nSPS) is 17.5. The van der Waals surface area contributed by atoms with Crippen LogP contribution in [0.2, 0.25) is 0 Å². The van der Waals surface area contributed by atoms with E-state index in [4.69, 9.17) is 33.1 Å². The number of sulfone groups is 2. The Morgan fingerprint density at radius 1 is 0.356 bits per heavy atom. The third-order valence-corrected chi connectivity index (χ3v) is 24.4. The lowest BCUT2D eigenvalue weighted by atomic mass is 9.92. The summed E-state index contributed by atoms with van der Waals surface area (Å²) < 4.78 is 72.7. The highest BCUT2D eigenvalue weighted by atomic mass is 32.2. The topological polar surface area (TPSA) is 536 Å². The molecule has 0 spiro atoms. The van der Waals surface area contributed by atoms with E-state index < -0.39 is 54.8 Å². The van der Waals surface area contributed by atoms with E-state index in [1.54, 1.807) is 78.9 Å². The molecule has 0 aliphatic carbocycles. The lowest BCUT2D eigenvalue weighted by Gasteiger charge is -2.24. The Hall–Kier alpha value is -14.9. The lowest BCUT2D eigenvalue weighted by Crippen LogP contribution is -2.41. The second-order valence-corrected chi connectivity index (χ2v) is 41.8. The first kappa shape index (κ1) is 101. The van der Waals surface area contributed by atoms with Gasteiger partial charge in [-0.25, -0.2) is 16.8 Å². The number of hydrogen-bond donors (Lipinski definition) is 5. The Balaban J connectivity index is 0.000000162.